The van der Waals surface area contributed by atoms with E-state index in [0.717, 1.165) is 83.5 Å². The van der Waals surface area contributed by atoms with E-state index in [9.17, 15) is 14.4 Å². The summed E-state index contributed by atoms with van der Waals surface area (Å²) >= 11 is 0. The molecule has 0 aromatic carbocycles. The zero-order chi connectivity index (χ0) is 50.0. The van der Waals surface area contributed by atoms with E-state index in [1.165, 1.54) is 180 Å². The summed E-state index contributed by atoms with van der Waals surface area (Å²) in [7, 11) is 0. The predicted octanol–water partition coefficient (Wildman–Crippen LogP) is 20.0. The Morgan fingerprint density at radius 3 is 0.870 bits per heavy atom. The maximum absolute atomic E-state index is 12.9. The fraction of sp³-hybridized carbons (Fsp3) is 0.794. The first-order chi connectivity index (χ1) is 34.0. The van der Waals surface area contributed by atoms with Crippen molar-refractivity contribution < 1.29 is 28.6 Å². The van der Waals surface area contributed by atoms with E-state index in [2.05, 4.69) is 81.5 Å². The fourth-order valence-corrected chi connectivity index (χ4v) is 8.48. The molecule has 0 saturated heterocycles. The highest BCUT2D eigenvalue weighted by Gasteiger charge is 2.19. The third-order valence-electron chi connectivity index (χ3n) is 13.0. The SMILES string of the molecule is CCCCC/C=C\C/C=C\C/C=C\C/C=C\CCCCCC(=O)OC[C@H](COC(=O)CCCCCCCCCCCCCCC)OC(=O)CCCCCCCCCCC/C=C\CCCCCCCC. The highest BCUT2D eigenvalue weighted by atomic mass is 16.6. The first-order valence-electron chi connectivity index (χ1n) is 29.8. The molecule has 1 atom stereocenters. The van der Waals surface area contributed by atoms with Crippen molar-refractivity contribution in [2.75, 3.05) is 13.2 Å². The monoisotopic (exact) mass is 965 g/mol. The lowest BCUT2D eigenvalue weighted by Crippen LogP contribution is -2.30. The summed E-state index contributed by atoms with van der Waals surface area (Å²) in [5.74, 6) is -0.903. The molecule has 0 amide bonds. The Morgan fingerprint density at radius 2 is 0.522 bits per heavy atom. The summed E-state index contributed by atoms with van der Waals surface area (Å²) in [6.45, 7) is 6.61. The lowest BCUT2D eigenvalue weighted by Gasteiger charge is -2.18. The van der Waals surface area contributed by atoms with Crippen LogP contribution in [-0.4, -0.2) is 37.2 Å². The van der Waals surface area contributed by atoms with Gasteiger partial charge < -0.3 is 14.2 Å². The molecule has 0 aliphatic rings. The topological polar surface area (TPSA) is 78.9 Å². The number of carbonyl (C=O) groups excluding carboxylic acids is 3. The van der Waals surface area contributed by atoms with E-state index in [4.69, 9.17) is 14.2 Å². The van der Waals surface area contributed by atoms with Crippen molar-refractivity contribution >= 4 is 17.9 Å². The van der Waals surface area contributed by atoms with Crippen LogP contribution in [0.15, 0.2) is 60.8 Å². The molecular weight excluding hydrogens is 853 g/mol. The highest BCUT2D eigenvalue weighted by Crippen LogP contribution is 2.16. The Bertz CT molecular complexity index is 1250. The van der Waals surface area contributed by atoms with Crippen LogP contribution >= 0.6 is 0 Å². The van der Waals surface area contributed by atoms with E-state index in [1.807, 2.05) is 0 Å². The van der Waals surface area contributed by atoms with Crippen molar-refractivity contribution in [3.05, 3.63) is 60.8 Å². The van der Waals surface area contributed by atoms with Gasteiger partial charge in [-0.2, -0.15) is 0 Å². The van der Waals surface area contributed by atoms with Crippen molar-refractivity contribution in [3.8, 4) is 0 Å². The van der Waals surface area contributed by atoms with Gasteiger partial charge in [0.2, 0.25) is 0 Å². The van der Waals surface area contributed by atoms with Crippen molar-refractivity contribution in [2.24, 2.45) is 0 Å². The molecule has 0 unspecified atom stereocenters. The van der Waals surface area contributed by atoms with Crippen LogP contribution in [0, 0.1) is 0 Å². The molecule has 0 heterocycles. The van der Waals surface area contributed by atoms with E-state index in [-0.39, 0.29) is 31.1 Å². The Balaban J connectivity index is 4.40. The van der Waals surface area contributed by atoms with Gasteiger partial charge in [-0.25, -0.2) is 0 Å². The Labute approximate surface area is 428 Å². The number of rotatable bonds is 54. The number of esters is 3. The van der Waals surface area contributed by atoms with Crippen molar-refractivity contribution in [2.45, 2.75) is 309 Å². The van der Waals surface area contributed by atoms with Crippen LogP contribution in [0.5, 0.6) is 0 Å². The summed E-state index contributed by atoms with van der Waals surface area (Å²) < 4.78 is 16.9. The molecule has 0 aromatic heterocycles. The smallest absolute Gasteiger partial charge is 0.306 e. The van der Waals surface area contributed by atoms with Gasteiger partial charge in [0.25, 0.3) is 0 Å². The number of hydrogen-bond acceptors (Lipinski definition) is 6. The van der Waals surface area contributed by atoms with Gasteiger partial charge in [-0.15, -0.1) is 0 Å². The third-order valence-corrected chi connectivity index (χ3v) is 13.0. The van der Waals surface area contributed by atoms with Crippen molar-refractivity contribution in [1.29, 1.82) is 0 Å². The molecule has 0 N–H and O–H groups in total. The normalized spacial score (nSPS) is 12.4. The van der Waals surface area contributed by atoms with Gasteiger partial charge in [0.15, 0.2) is 6.10 Å². The van der Waals surface area contributed by atoms with Gasteiger partial charge in [0, 0.05) is 19.3 Å². The summed E-state index contributed by atoms with van der Waals surface area (Å²) in [5, 5.41) is 0. The summed E-state index contributed by atoms with van der Waals surface area (Å²) in [4.78, 5) is 38.2. The van der Waals surface area contributed by atoms with Crippen molar-refractivity contribution in [3.63, 3.8) is 0 Å². The molecule has 0 radical (unpaired) electrons. The average Bonchev–Trinajstić information content (AvgIpc) is 3.35. The second-order valence-corrected chi connectivity index (χ2v) is 19.9. The molecule has 6 nitrogen and oxygen atoms in total. The van der Waals surface area contributed by atoms with E-state index >= 15 is 0 Å². The Morgan fingerprint density at radius 1 is 0.290 bits per heavy atom. The van der Waals surface area contributed by atoms with Crippen LogP contribution in [0.4, 0.5) is 0 Å². The summed E-state index contributed by atoms with van der Waals surface area (Å²) in [6, 6.07) is 0. The van der Waals surface area contributed by atoms with Crippen LogP contribution in [0.2, 0.25) is 0 Å². The summed E-state index contributed by atoms with van der Waals surface area (Å²) in [5.41, 5.74) is 0. The lowest BCUT2D eigenvalue weighted by molar-refractivity contribution is -0.167. The standard InChI is InChI=1S/C63H112O6/c1-4-7-10-13-16-19-22-25-27-29-31-33-35-38-41-44-47-50-53-56-62(65)68-59-60(58-67-61(64)55-52-49-46-43-40-37-24-21-18-15-12-9-6-3)69-63(66)57-54-51-48-45-42-39-36-34-32-30-28-26-23-20-17-14-11-8-5-2/h16,19,25-28,31,33,38,41,60H,4-15,17-18,20-24,29-30,32,34-37,39-40,42-59H2,1-3H3/b19-16-,27-25-,28-26-,33-31-,41-38-/t60-/m0/s1. The summed E-state index contributed by atoms with van der Waals surface area (Å²) in [6.07, 6.45) is 72.1. The van der Waals surface area contributed by atoms with Gasteiger partial charge in [-0.05, 0) is 89.9 Å². The molecular formula is C63H112O6. The molecule has 0 spiro atoms. The molecule has 0 aromatic rings. The molecule has 0 bridgehead atoms. The molecule has 69 heavy (non-hydrogen) atoms. The minimum Gasteiger partial charge on any atom is -0.462 e. The van der Waals surface area contributed by atoms with Gasteiger partial charge in [-0.1, -0.05) is 255 Å². The first-order valence-corrected chi connectivity index (χ1v) is 29.8. The molecule has 0 fully saturated rings. The maximum Gasteiger partial charge on any atom is 0.306 e. The minimum atomic E-state index is -0.787. The predicted molar refractivity (Wildman–Crippen MR) is 298 cm³/mol. The second-order valence-electron chi connectivity index (χ2n) is 19.9. The van der Waals surface area contributed by atoms with Gasteiger partial charge in [0.1, 0.15) is 13.2 Å². The second kappa shape index (κ2) is 57.7. The largest absolute Gasteiger partial charge is 0.462 e. The van der Waals surface area contributed by atoms with Crippen LogP contribution in [0.1, 0.15) is 303 Å². The quantitative estimate of drug-likeness (QED) is 0.0262. The Kier molecular flexibility index (Phi) is 55.3. The molecule has 0 rings (SSSR count). The fourth-order valence-electron chi connectivity index (χ4n) is 8.48. The maximum atomic E-state index is 12.9. The zero-order valence-electron chi connectivity index (χ0n) is 45.8. The van der Waals surface area contributed by atoms with Gasteiger partial charge >= 0.3 is 17.9 Å². The minimum absolute atomic E-state index is 0.0825. The molecule has 0 aliphatic carbocycles. The van der Waals surface area contributed by atoms with Crippen LogP contribution in [-0.2, 0) is 28.6 Å². The number of carbonyl (C=O) groups is 3. The number of allylic oxidation sites excluding steroid dienone is 10. The molecule has 0 saturated carbocycles. The molecule has 400 valence electrons. The molecule has 6 heteroatoms. The Hall–Kier alpha value is -2.89. The van der Waals surface area contributed by atoms with E-state index in [0.29, 0.717) is 19.3 Å². The van der Waals surface area contributed by atoms with E-state index in [1.54, 1.807) is 0 Å². The van der Waals surface area contributed by atoms with Gasteiger partial charge in [-0.3, -0.25) is 14.4 Å². The zero-order valence-corrected chi connectivity index (χ0v) is 45.8. The van der Waals surface area contributed by atoms with Crippen LogP contribution < -0.4 is 0 Å². The highest BCUT2D eigenvalue weighted by molar-refractivity contribution is 5.71. The van der Waals surface area contributed by atoms with Crippen LogP contribution in [0.3, 0.4) is 0 Å². The van der Waals surface area contributed by atoms with Crippen LogP contribution in [0.25, 0.3) is 0 Å². The molecule has 0 aliphatic heterocycles. The first kappa shape index (κ1) is 66.1. The lowest BCUT2D eigenvalue weighted by atomic mass is 10.0. The number of hydrogen-bond donors (Lipinski definition) is 0. The van der Waals surface area contributed by atoms with Gasteiger partial charge in [0.05, 0.1) is 0 Å². The number of unbranched alkanes of at least 4 members (excludes halogenated alkanes) is 33. The third kappa shape index (κ3) is 55.9. The van der Waals surface area contributed by atoms with E-state index < -0.39 is 6.10 Å². The van der Waals surface area contributed by atoms with Crippen molar-refractivity contribution in [1.82, 2.24) is 0 Å². The number of ether oxygens (including phenoxy) is 3. The average molecular weight is 966 g/mol.